The molecule has 0 bridgehead atoms. The monoisotopic (exact) mass is 316 g/mol. The van der Waals surface area contributed by atoms with Gasteiger partial charge in [-0.25, -0.2) is 18.4 Å². The summed E-state index contributed by atoms with van der Waals surface area (Å²) in [6, 6.07) is 0.685. The minimum atomic E-state index is -1.22. The van der Waals surface area contributed by atoms with E-state index in [1.54, 1.807) is 6.92 Å². The third-order valence-electron chi connectivity index (χ3n) is 2.68. The zero-order valence-electron chi connectivity index (χ0n) is 12.5. The summed E-state index contributed by atoms with van der Waals surface area (Å²) in [5.41, 5.74) is -0.501. The fourth-order valence-electron chi connectivity index (χ4n) is 1.72. The number of aliphatic hydroxyl groups is 1. The van der Waals surface area contributed by atoms with Gasteiger partial charge in [-0.3, -0.25) is 0 Å². The molecule has 0 spiro atoms. The number of amides is 2. The molecule has 1 aromatic carbocycles. The Morgan fingerprint density at radius 3 is 2.50 bits per heavy atom. The van der Waals surface area contributed by atoms with Gasteiger partial charge in [0.2, 0.25) is 0 Å². The number of esters is 1. The molecule has 0 saturated carbocycles. The Bertz CT molecular complexity index is 564. The van der Waals surface area contributed by atoms with Crippen LogP contribution < -0.4 is 5.32 Å². The molecule has 122 valence electrons. The molecule has 6 nitrogen and oxygen atoms in total. The summed E-state index contributed by atoms with van der Waals surface area (Å²) >= 11 is 0. The van der Waals surface area contributed by atoms with Crippen molar-refractivity contribution in [2.45, 2.75) is 20.0 Å². The molecule has 0 saturated heterocycles. The van der Waals surface area contributed by atoms with Crippen molar-refractivity contribution in [3.05, 3.63) is 29.3 Å². The molecular formula is C14H18F2N2O4. The number of benzene rings is 1. The zero-order valence-corrected chi connectivity index (χ0v) is 12.5. The SMILES string of the molecule is CCOC(=O)c1cc(F)c(F)cc1NC(=O)N(C)CC(C)O. The highest BCUT2D eigenvalue weighted by atomic mass is 19.2. The minimum Gasteiger partial charge on any atom is -0.462 e. The van der Waals surface area contributed by atoms with Crippen LogP contribution in [-0.2, 0) is 4.74 Å². The minimum absolute atomic E-state index is 0.0320. The van der Waals surface area contributed by atoms with Crippen LogP contribution in [0.2, 0.25) is 0 Å². The van der Waals surface area contributed by atoms with Crippen molar-refractivity contribution in [3.8, 4) is 0 Å². The highest BCUT2D eigenvalue weighted by Gasteiger charge is 2.20. The van der Waals surface area contributed by atoms with Gasteiger partial charge in [-0.15, -0.1) is 0 Å². The molecule has 0 heterocycles. The van der Waals surface area contributed by atoms with E-state index in [1.165, 1.54) is 14.0 Å². The number of carbonyl (C=O) groups excluding carboxylic acids is 2. The number of carbonyl (C=O) groups is 2. The first-order chi connectivity index (χ1) is 10.3. The summed E-state index contributed by atoms with van der Waals surface area (Å²) in [4.78, 5) is 24.8. The van der Waals surface area contributed by atoms with Gasteiger partial charge in [-0.2, -0.15) is 0 Å². The van der Waals surface area contributed by atoms with Gasteiger partial charge in [0.25, 0.3) is 0 Å². The summed E-state index contributed by atoms with van der Waals surface area (Å²) in [6.07, 6.45) is -0.759. The van der Waals surface area contributed by atoms with Gasteiger partial charge in [-0.05, 0) is 19.9 Å². The lowest BCUT2D eigenvalue weighted by atomic mass is 10.1. The van der Waals surface area contributed by atoms with Gasteiger partial charge in [0.05, 0.1) is 24.0 Å². The Morgan fingerprint density at radius 2 is 1.95 bits per heavy atom. The molecule has 2 N–H and O–H groups in total. The molecule has 22 heavy (non-hydrogen) atoms. The van der Waals surface area contributed by atoms with Crippen molar-refractivity contribution >= 4 is 17.7 Å². The van der Waals surface area contributed by atoms with Crippen LogP contribution in [0.5, 0.6) is 0 Å². The van der Waals surface area contributed by atoms with Gasteiger partial charge >= 0.3 is 12.0 Å². The second kappa shape index (κ2) is 7.69. The lowest BCUT2D eigenvalue weighted by Gasteiger charge is -2.20. The molecule has 0 aliphatic heterocycles. The second-order valence-electron chi connectivity index (χ2n) is 4.69. The van der Waals surface area contributed by atoms with E-state index in [0.717, 1.165) is 4.90 Å². The highest BCUT2D eigenvalue weighted by molar-refractivity contribution is 6.00. The Balaban J connectivity index is 3.04. The van der Waals surface area contributed by atoms with Gasteiger partial charge in [0.15, 0.2) is 11.6 Å². The van der Waals surface area contributed by atoms with Crippen LogP contribution in [0, 0.1) is 11.6 Å². The summed E-state index contributed by atoms with van der Waals surface area (Å²) in [6.45, 7) is 3.13. The quantitative estimate of drug-likeness (QED) is 0.814. The molecule has 0 aliphatic carbocycles. The lowest BCUT2D eigenvalue weighted by Crippen LogP contribution is -2.36. The van der Waals surface area contributed by atoms with Crippen LogP contribution in [0.25, 0.3) is 0 Å². The highest BCUT2D eigenvalue weighted by Crippen LogP contribution is 2.21. The van der Waals surface area contributed by atoms with Crippen LogP contribution in [0.1, 0.15) is 24.2 Å². The number of halogens is 2. The molecule has 0 fully saturated rings. The topological polar surface area (TPSA) is 78.9 Å². The van der Waals surface area contributed by atoms with Crippen molar-refractivity contribution in [3.63, 3.8) is 0 Å². The molecule has 8 heteroatoms. The van der Waals surface area contributed by atoms with E-state index in [-0.39, 0.29) is 24.4 Å². The molecule has 1 rings (SSSR count). The second-order valence-corrected chi connectivity index (χ2v) is 4.69. The molecule has 2 amide bonds. The van der Waals surface area contributed by atoms with Crippen molar-refractivity contribution < 1.29 is 28.2 Å². The van der Waals surface area contributed by atoms with E-state index >= 15 is 0 Å². The van der Waals surface area contributed by atoms with Gasteiger partial charge in [0.1, 0.15) is 0 Å². The first kappa shape index (κ1) is 17.8. The predicted molar refractivity (Wildman–Crippen MR) is 75.6 cm³/mol. The van der Waals surface area contributed by atoms with Crippen molar-refractivity contribution in [2.75, 3.05) is 25.5 Å². The number of urea groups is 1. The third kappa shape index (κ3) is 4.66. The number of anilines is 1. The van der Waals surface area contributed by atoms with E-state index in [1.807, 2.05) is 0 Å². The van der Waals surface area contributed by atoms with E-state index in [4.69, 9.17) is 4.74 Å². The van der Waals surface area contributed by atoms with Crippen molar-refractivity contribution in [1.82, 2.24) is 4.90 Å². The van der Waals surface area contributed by atoms with Crippen LogP contribution >= 0.6 is 0 Å². The number of nitrogens with one attached hydrogen (secondary N) is 1. The van der Waals surface area contributed by atoms with Crippen molar-refractivity contribution in [1.29, 1.82) is 0 Å². The summed E-state index contributed by atoms with van der Waals surface area (Å²) < 4.78 is 31.4. The maximum atomic E-state index is 13.3. The largest absolute Gasteiger partial charge is 0.462 e. The zero-order chi connectivity index (χ0) is 16.9. The average molecular weight is 316 g/mol. The fourth-order valence-corrected chi connectivity index (χ4v) is 1.72. The van der Waals surface area contributed by atoms with Crippen LogP contribution in [-0.4, -0.2) is 48.3 Å². The van der Waals surface area contributed by atoms with Gasteiger partial charge < -0.3 is 20.1 Å². The number of hydrogen-bond acceptors (Lipinski definition) is 4. The standard InChI is InChI=1S/C14H18F2N2O4/c1-4-22-13(20)9-5-10(15)11(16)6-12(9)17-14(21)18(3)7-8(2)19/h5-6,8,19H,4,7H2,1-3H3,(H,17,21). The van der Waals surface area contributed by atoms with Crippen LogP contribution in [0.15, 0.2) is 12.1 Å². The number of nitrogens with zero attached hydrogens (tertiary/aromatic N) is 1. The fraction of sp³-hybridized carbons (Fsp3) is 0.429. The predicted octanol–water partition coefficient (Wildman–Crippen LogP) is 1.99. The summed E-state index contributed by atoms with van der Waals surface area (Å²) in [5, 5.41) is 11.5. The normalized spacial score (nSPS) is 11.7. The van der Waals surface area contributed by atoms with E-state index < -0.39 is 29.7 Å². The number of rotatable bonds is 5. The van der Waals surface area contributed by atoms with E-state index in [2.05, 4.69) is 5.32 Å². The molecule has 0 aromatic heterocycles. The maximum absolute atomic E-state index is 13.3. The molecule has 1 atom stereocenters. The number of likely N-dealkylation sites (N-methyl/N-ethyl adjacent to an activating group) is 1. The first-order valence-corrected chi connectivity index (χ1v) is 6.62. The smallest absolute Gasteiger partial charge is 0.340 e. The third-order valence-corrected chi connectivity index (χ3v) is 2.68. The van der Waals surface area contributed by atoms with E-state index in [0.29, 0.717) is 12.1 Å². The summed E-state index contributed by atoms with van der Waals surface area (Å²) in [5.74, 6) is -3.31. The molecule has 0 radical (unpaired) electrons. The maximum Gasteiger partial charge on any atom is 0.340 e. The molecular weight excluding hydrogens is 298 g/mol. The van der Waals surface area contributed by atoms with Crippen molar-refractivity contribution in [2.24, 2.45) is 0 Å². The number of ether oxygens (including phenoxy) is 1. The van der Waals surface area contributed by atoms with Gasteiger partial charge in [-0.1, -0.05) is 0 Å². The first-order valence-electron chi connectivity index (χ1n) is 6.62. The Kier molecular flexibility index (Phi) is 6.24. The number of hydrogen-bond donors (Lipinski definition) is 2. The molecule has 1 aromatic rings. The summed E-state index contributed by atoms with van der Waals surface area (Å²) in [7, 11) is 1.41. The molecule has 0 aliphatic rings. The Hall–Kier alpha value is -2.22. The number of aliphatic hydroxyl groups excluding tert-OH is 1. The lowest BCUT2D eigenvalue weighted by molar-refractivity contribution is 0.0527. The van der Waals surface area contributed by atoms with Crippen LogP contribution in [0.3, 0.4) is 0 Å². The van der Waals surface area contributed by atoms with Gasteiger partial charge in [0, 0.05) is 19.7 Å². The van der Waals surface area contributed by atoms with Crippen LogP contribution in [0.4, 0.5) is 19.3 Å². The Labute approximate surface area is 126 Å². The van der Waals surface area contributed by atoms with E-state index in [9.17, 15) is 23.5 Å². The molecule has 1 unspecified atom stereocenters. The Morgan fingerprint density at radius 1 is 1.36 bits per heavy atom. The average Bonchev–Trinajstić information content (AvgIpc) is 2.41.